The summed E-state index contributed by atoms with van der Waals surface area (Å²) in [6, 6.07) is 38.2. The summed E-state index contributed by atoms with van der Waals surface area (Å²) >= 11 is 0. The molecule has 3 unspecified atom stereocenters. The van der Waals surface area contributed by atoms with Gasteiger partial charge in [0.1, 0.15) is 42.7 Å². The van der Waals surface area contributed by atoms with E-state index in [9.17, 15) is 20.4 Å². The lowest BCUT2D eigenvalue weighted by Gasteiger charge is -2.42. The van der Waals surface area contributed by atoms with Gasteiger partial charge in [0, 0.05) is 24.3 Å². The second kappa shape index (κ2) is 39.3. The average Bonchev–Trinajstić information content (AvgIpc) is 3.48. The first-order chi connectivity index (χ1) is 37.7. The minimum absolute atomic E-state index is 0.304. The number of aliphatic hydroxyl groups excluding tert-OH is 4. The fraction of sp³-hybridized carbons (Fsp3) is 0.531. The molecule has 77 heavy (non-hydrogen) atoms. The van der Waals surface area contributed by atoms with Crippen LogP contribution < -0.4 is 5.73 Å². The molecule has 2 aliphatic rings. The Morgan fingerprint density at radius 3 is 1.27 bits per heavy atom. The number of nitrogens with zero attached hydrogens (tertiary/aromatic N) is 1. The molecule has 13 nitrogen and oxygen atoms in total. The molecule has 424 valence electrons. The normalized spacial score (nSPS) is 23.1. The molecule has 10 atom stereocenters. The third-order valence-corrected chi connectivity index (χ3v) is 13.5. The lowest BCUT2D eigenvalue weighted by Crippen LogP contribution is -2.63. The molecule has 4 aromatic carbocycles. The van der Waals surface area contributed by atoms with Crippen LogP contribution in [-0.4, -0.2) is 120 Å². The van der Waals surface area contributed by atoms with Gasteiger partial charge in [0.15, 0.2) is 0 Å². The van der Waals surface area contributed by atoms with Gasteiger partial charge in [-0.25, -0.2) is 0 Å². The third-order valence-electron chi connectivity index (χ3n) is 13.5. The van der Waals surface area contributed by atoms with Gasteiger partial charge in [-0.1, -0.05) is 237 Å². The monoisotopic (exact) mass is 1060 g/mol. The van der Waals surface area contributed by atoms with Gasteiger partial charge in [0.05, 0.1) is 43.2 Å². The molecule has 0 saturated carbocycles. The molecule has 2 heterocycles. The van der Waals surface area contributed by atoms with E-state index in [2.05, 4.69) is 13.8 Å². The van der Waals surface area contributed by atoms with Gasteiger partial charge in [-0.3, -0.25) is 10.4 Å². The van der Waals surface area contributed by atoms with E-state index in [0.717, 1.165) is 53.6 Å². The van der Waals surface area contributed by atoms with Gasteiger partial charge in [-0.15, -0.1) is 0 Å². The van der Waals surface area contributed by atoms with Crippen LogP contribution in [0.4, 0.5) is 0 Å². The second-order valence-electron chi connectivity index (χ2n) is 19.6. The number of aliphatic imine (C=N–C) groups is 1. The molecule has 2 aliphatic heterocycles. The predicted octanol–water partition coefficient (Wildman–Crippen LogP) is 11.6. The summed E-state index contributed by atoms with van der Waals surface area (Å²) in [5.41, 5.74) is 11.3. The number of nitrogens with one attached hydrogen (secondary N) is 1. The maximum Gasteiger partial charge on any atom is 0.224 e. The Balaban J connectivity index is 0.000000279. The number of benzene rings is 4. The minimum atomic E-state index is -1.04. The first-order valence-corrected chi connectivity index (χ1v) is 28.5. The molecule has 13 heteroatoms. The highest BCUT2D eigenvalue weighted by molar-refractivity contribution is 6.13. The molecule has 0 spiro atoms. The van der Waals surface area contributed by atoms with Crippen molar-refractivity contribution in [3.63, 3.8) is 0 Å². The van der Waals surface area contributed by atoms with Gasteiger partial charge < -0.3 is 54.6 Å². The lowest BCUT2D eigenvalue weighted by molar-refractivity contribution is -0.258. The molecule has 0 aromatic heterocycles. The van der Waals surface area contributed by atoms with Gasteiger partial charge in [0.25, 0.3) is 0 Å². The van der Waals surface area contributed by atoms with Crippen LogP contribution in [0.1, 0.15) is 153 Å². The van der Waals surface area contributed by atoms with E-state index in [1.165, 1.54) is 83.3 Å². The van der Waals surface area contributed by atoms with Crippen LogP contribution in [0.25, 0.3) is 0 Å². The van der Waals surface area contributed by atoms with Gasteiger partial charge in [-0.2, -0.15) is 0 Å². The summed E-state index contributed by atoms with van der Waals surface area (Å²) in [4.78, 5) is 5.13. The van der Waals surface area contributed by atoms with E-state index in [1.807, 2.05) is 135 Å². The summed E-state index contributed by atoms with van der Waals surface area (Å²) in [7, 11) is 0. The molecule has 2 saturated heterocycles. The Morgan fingerprint density at radius 1 is 0.519 bits per heavy atom. The molecule has 4 aromatic rings. The van der Waals surface area contributed by atoms with E-state index in [-0.39, 0.29) is 13.2 Å². The van der Waals surface area contributed by atoms with Crippen molar-refractivity contribution in [1.29, 1.82) is 5.41 Å². The average molecular weight is 1060 g/mol. The molecule has 0 bridgehead atoms. The maximum atomic E-state index is 11.2. The molecular weight excluding hydrogens is 971 g/mol. The van der Waals surface area contributed by atoms with Crippen LogP contribution in [0.3, 0.4) is 0 Å². The largest absolute Gasteiger partial charge is 0.471 e. The van der Waals surface area contributed by atoms with Crippen LogP contribution in [-0.2, 0) is 28.4 Å². The second-order valence-corrected chi connectivity index (χ2v) is 19.6. The summed E-state index contributed by atoms with van der Waals surface area (Å²) in [5.74, 6) is 0. The number of nitrogens with two attached hydrogens (primary N) is 1. The Kier molecular flexibility index (Phi) is 32.9. The smallest absolute Gasteiger partial charge is 0.224 e. The van der Waals surface area contributed by atoms with Crippen molar-refractivity contribution in [2.24, 2.45) is 10.7 Å². The molecule has 0 aliphatic carbocycles. The Labute approximate surface area is 461 Å². The standard InChI is InChI=1S/C32H45NO5.C19H37NO5.C13H11N/c1-3-5-6-7-8-9-10-17-23-36-31-29(32(37-22-4-2)38-27(24-34)30(31)35)33-28(25-18-13-11-14-19-25)26-20-15-12-16-21-26;1-3-5-6-7-8-9-10-11-13-23-18-16(20)19(24-12-4-2)25-15(14-21)17(18)22;14-13(11-7-3-1-4-8-11)12-9-5-2-6-10-12/h4,11-16,18-22,27,29-32,34-35H,3,5-10,17,23-24H2,1-2H3;4,12,15-19,21-22H,3,5-11,13-14,20H2,1-2H3;1-10,14H/b22-4-;12-4-;/t27?,29?,30-,31-,32+;15?,16-,17-,18-,19+;/m11./s1. The first kappa shape index (κ1) is 64.5. The number of aliphatic hydroxyl groups is 4. The van der Waals surface area contributed by atoms with Crippen LogP contribution in [0.5, 0.6) is 0 Å². The number of hydrogen-bond acceptors (Lipinski definition) is 13. The van der Waals surface area contributed by atoms with Gasteiger partial charge in [0.2, 0.25) is 12.6 Å². The number of hydrogen-bond donors (Lipinski definition) is 6. The zero-order valence-electron chi connectivity index (χ0n) is 46.5. The maximum absolute atomic E-state index is 11.2. The number of unbranched alkanes of at least 4 members (excludes halogenated alkanes) is 14. The highest BCUT2D eigenvalue weighted by Gasteiger charge is 2.47. The third kappa shape index (κ3) is 23.1. The van der Waals surface area contributed by atoms with Crippen LogP contribution in [0.2, 0.25) is 0 Å². The lowest BCUT2D eigenvalue weighted by atomic mass is 9.95. The van der Waals surface area contributed by atoms with Crippen LogP contribution in [0, 0.1) is 5.41 Å². The summed E-state index contributed by atoms with van der Waals surface area (Å²) in [6.07, 6.45) is 19.5. The van der Waals surface area contributed by atoms with E-state index < -0.39 is 61.3 Å². The molecule has 6 rings (SSSR count). The summed E-state index contributed by atoms with van der Waals surface area (Å²) in [6.45, 7) is 8.54. The molecule has 0 radical (unpaired) electrons. The highest BCUT2D eigenvalue weighted by atomic mass is 16.7. The van der Waals surface area contributed by atoms with E-state index in [0.29, 0.717) is 18.9 Å². The SMILES string of the molecule is C/C=C\O[C@H]1OC(CO)[C@@H](O)[C@H](OCCCCCCCCCC)C1N=C(c1ccccc1)c1ccccc1.C/C=C\O[C@H]1OC(CO)[C@@H](O)[C@H](OCCCCCCCCCC)[C@H]1N.N=C(c1ccccc1)c1ccccc1. The van der Waals surface area contributed by atoms with Crippen LogP contribution >= 0.6 is 0 Å². The Morgan fingerprint density at radius 2 is 0.870 bits per heavy atom. The molecule has 7 N–H and O–H groups in total. The fourth-order valence-electron chi connectivity index (χ4n) is 9.17. The van der Waals surface area contributed by atoms with Crippen molar-refractivity contribution in [2.75, 3.05) is 26.4 Å². The van der Waals surface area contributed by atoms with Crippen molar-refractivity contribution in [1.82, 2.24) is 0 Å². The zero-order chi connectivity index (χ0) is 55.3. The van der Waals surface area contributed by atoms with Crippen molar-refractivity contribution in [2.45, 2.75) is 192 Å². The Bertz CT molecular complexity index is 2100. The van der Waals surface area contributed by atoms with Crippen molar-refractivity contribution in [3.05, 3.63) is 168 Å². The van der Waals surface area contributed by atoms with E-state index in [1.54, 1.807) is 18.4 Å². The number of ether oxygens (including phenoxy) is 6. The van der Waals surface area contributed by atoms with Crippen molar-refractivity contribution >= 4 is 11.4 Å². The molecular formula is C64H93N3O10. The quantitative estimate of drug-likeness (QED) is 0.0159. The minimum Gasteiger partial charge on any atom is -0.471 e. The fourth-order valence-corrected chi connectivity index (χ4v) is 9.17. The zero-order valence-corrected chi connectivity index (χ0v) is 46.5. The summed E-state index contributed by atoms with van der Waals surface area (Å²) < 4.78 is 35.0. The van der Waals surface area contributed by atoms with Crippen molar-refractivity contribution < 1.29 is 48.8 Å². The molecule has 2 fully saturated rings. The Hall–Kier alpha value is -5.06. The van der Waals surface area contributed by atoms with Crippen molar-refractivity contribution in [3.8, 4) is 0 Å². The van der Waals surface area contributed by atoms with Gasteiger partial charge in [-0.05, 0) is 37.8 Å². The topological polar surface area (TPSA) is 199 Å². The number of rotatable bonds is 31. The first-order valence-electron chi connectivity index (χ1n) is 28.5. The van der Waals surface area contributed by atoms with E-state index >= 15 is 0 Å². The number of allylic oxidation sites excluding steroid dienone is 2. The summed E-state index contributed by atoms with van der Waals surface area (Å²) in [5, 5.41) is 48.8. The highest BCUT2D eigenvalue weighted by Crippen LogP contribution is 2.30. The molecule has 0 amide bonds. The van der Waals surface area contributed by atoms with Gasteiger partial charge >= 0.3 is 0 Å². The predicted molar refractivity (Wildman–Crippen MR) is 309 cm³/mol. The van der Waals surface area contributed by atoms with E-state index in [4.69, 9.17) is 44.6 Å². The van der Waals surface area contributed by atoms with Crippen LogP contribution in [0.15, 0.2) is 151 Å².